The summed E-state index contributed by atoms with van der Waals surface area (Å²) in [6, 6.07) is 0. The third-order valence-electron chi connectivity index (χ3n) is 10.7. The average Bonchev–Trinajstić information content (AvgIpc) is 3.31. The molecule has 0 saturated heterocycles. The second kappa shape index (κ2) is 51.0. The molecule has 0 rings (SSSR count). The lowest BCUT2D eigenvalue weighted by atomic mass is 10.1. The number of likely N-dealkylation sites (N-methyl/N-ethyl adjacent to an activating group) is 1. The Bertz CT molecular complexity index is 1560. The summed E-state index contributed by atoms with van der Waals surface area (Å²) in [6.07, 6.45) is 74.8. The van der Waals surface area contributed by atoms with Gasteiger partial charge in [-0.2, -0.15) is 0 Å². The summed E-state index contributed by atoms with van der Waals surface area (Å²) in [5.74, 6) is -0.363. The van der Waals surface area contributed by atoms with Gasteiger partial charge in [0.1, 0.15) is 19.3 Å². The number of allylic oxidation sites excluding steroid dienone is 22. The van der Waals surface area contributed by atoms with Crippen molar-refractivity contribution in [2.45, 2.75) is 187 Å². The molecule has 0 amide bonds. The van der Waals surface area contributed by atoms with Gasteiger partial charge in [0, 0.05) is 13.0 Å². The number of phosphoric acid groups is 1. The second-order valence-electron chi connectivity index (χ2n) is 18.5. The summed E-state index contributed by atoms with van der Waals surface area (Å²) in [6.45, 7) is 5.10. The van der Waals surface area contributed by atoms with Crippen LogP contribution in [-0.4, -0.2) is 70.7 Å². The number of ether oxygens (including phenoxy) is 2. The maximum absolute atomic E-state index is 12.8. The Morgan fingerprint density at radius 1 is 0.449 bits per heavy atom. The van der Waals surface area contributed by atoms with Crippen LogP contribution in [0, 0.1) is 0 Å². The minimum absolute atomic E-state index is 0.0109. The summed E-state index contributed by atoms with van der Waals surface area (Å²) in [7, 11) is 1.31. The number of esters is 1. The number of carbonyl (C=O) groups is 1. The van der Waals surface area contributed by atoms with Crippen LogP contribution in [0.2, 0.25) is 0 Å². The molecule has 0 aliphatic carbocycles. The molecular formula is C60H100NO7P. The van der Waals surface area contributed by atoms with Gasteiger partial charge in [-0.05, 0) is 109 Å². The first kappa shape index (κ1) is 65.6. The average molecular weight is 978 g/mol. The topological polar surface area (TPSA) is 94.1 Å². The van der Waals surface area contributed by atoms with E-state index in [4.69, 9.17) is 18.5 Å². The molecule has 0 aliphatic heterocycles. The van der Waals surface area contributed by atoms with Crippen molar-refractivity contribution < 1.29 is 37.3 Å². The molecule has 0 aromatic rings. The molecule has 2 atom stereocenters. The minimum atomic E-state index is -4.55. The zero-order chi connectivity index (χ0) is 50.5. The van der Waals surface area contributed by atoms with Gasteiger partial charge in [-0.25, -0.2) is 0 Å². The zero-order valence-electron chi connectivity index (χ0n) is 44.5. The first-order valence-corrected chi connectivity index (χ1v) is 28.4. The van der Waals surface area contributed by atoms with Crippen molar-refractivity contribution in [2.75, 3.05) is 54.1 Å². The minimum Gasteiger partial charge on any atom is -0.756 e. The Balaban J connectivity index is 4.23. The quantitative estimate of drug-likeness (QED) is 0.0197. The van der Waals surface area contributed by atoms with Crippen LogP contribution in [0.15, 0.2) is 134 Å². The maximum Gasteiger partial charge on any atom is 0.306 e. The summed E-state index contributed by atoms with van der Waals surface area (Å²) in [4.78, 5) is 25.2. The molecular weight excluding hydrogens is 878 g/mol. The molecule has 9 heteroatoms. The Morgan fingerprint density at radius 2 is 0.797 bits per heavy atom. The van der Waals surface area contributed by atoms with E-state index >= 15 is 0 Å². The van der Waals surface area contributed by atoms with Crippen molar-refractivity contribution in [2.24, 2.45) is 0 Å². The maximum atomic E-state index is 12.8. The van der Waals surface area contributed by atoms with Crippen LogP contribution in [-0.2, 0) is 27.9 Å². The number of rotatable bonds is 48. The van der Waals surface area contributed by atoms with Crippen LogP contribution < -0.4 is 4.89 Å². The summed E-state index contributed by atoms with van der Waals surface area (Å²) in [5.41, 5.74) is 0. The van der Waals surface area contributed by atoms with E-state index in [1.165, 1.54) is 25.7 Å². The monoisotopic (exact) mass is 978 g/mol. The van der Waals surface area contributed by atoms with Gasteiger partial charge in [-0.3, -0.25) is 9.36 Å². The first-order valence-electron chi connectivity index (χ1n) is 26.9. The molecule has 0 heterocycles. The molecule has 8 nitrogen and oxygen atoms in total. The number of unbranched alkanes of at least 4 members (excludes halogenated alkanes) is 12. The standard InChI is InChI=1S/C60H100NO7P/c1-6-8-10-12-14-16-18-20-22-24-26-28-29-30-31-32-34-36-38-40-42-44-46-48-50-52-55-65-57-59(58-67-69(63,64)66-56-54-61(3,4)5)68-60(62)53-51-49-47-45-43-41-39-37-35-33-27-25-23-21-19-17-15-13-11-9-7-2/h8-11,14-17,20-23,26-28,30-31,33-34,36-37,39,59H,6-7,12-13,18-19,24-25,29,32,35,38,40-58H2,1-5H3/b10-8-,11-9-,16-14-,17-15-,22-20-,23-21-,28-26-,31-30-,33-27-,36-34-,39-37-. The molecule has 0 fully saturated rings. The zero-order valence-corrected chi connectivity index (χ0v) is 45.3. The largest absolute Gasteiger partial charge is 0.756 e. The number of hydrogen-bond donors (Lipinski definition) is 0. The molecule has 0 aliphatic rings. The van der Waals surface area contributed by atoms with Gasteiger partial charge >= 0.3 is 5.97 Å². The Kier molecular flexibility index (Phi) is 48.5. The van der Waals surface area contributed by atoms with E-state index in [0.717, 1.165) is 135 Å². The fraction of sp³-hybridized carbons (Fsp3) is 0.617. The smallest absolute Gasteiger partial charge is 0.306 e. The van der Waals surface area contributed by atoms with Crippen molar-refractivity contribution in [1.29, 1.82) is 0 Å². The van der Waals surface area contributed by atoms with E-state index in [-0.39, 0.29) is 32.2 Å². The highest BCUT2D eigenvalue weighted by atomic mass is 31.2. The highest BCUT2D eigenvalue weighted by Gasteiger charge is 2.20. The van der Waals surface area contributed by atoms with Crippen LogP contribution in [0.1, 0.15) is 181 Å². The normalized spacial score (nSPS) is 14.6. The molecule has 0 saturated carbocycles. The summed E-state index contributed by atoms with van der Waals surface area (Å²) >= 11 is 0. The Labute approximate surface area is 424 Å². The predicted octanol–water partition coefficient (Wildman–Crippen LogP) is 16.4. The highest BCUT2D eigenvalue weighted by molar-refractivity contribution is 7.45. The lowest BCUT2D eigenvalue weighted by Crippen LogP contribution is -2.37. The lowest BCUT2D eigenvalue weighted by Gasteiger charge is -2.28. The molecule has 2 unspecified atom stereocenters. The lowest BCUT2D eigenvalue weighted by molar-refractivity contribution is -0.870. The van der Waals surface area contributed by atoms with E-state index in [0.29, 0.717) is 17.6 Å². The fourth-order valence-corrected chi connectivity index (χ4v) is 7.36. The van der Waals surface area contributed by atoms with Crippen LogP contribution in [0.25, 0.3) is 0 Å². The molecule has 392 valence electrons. The molecule has 69 heavy (non-hydrogen) atoms. The van der Waals surface area contributed by atoms with Crippen molar-refractivity contribution in [3.05, 3.63) is 134 Å². The van der Waals surface area contributed by atoms with Crippen LogP contribution in [0.5, 0.6) is 0 Å². The van der Waals surface area contributed by atoms with Gasteiger partial charge in [0.25, 0.3) is 7.82 Å². The van der Waals surface area contributed by atoms with Gasteiger partial charge < -0.3 is 27.9 Å². The second-order valence-corrected chi connectivity index (χ2v) is 19.9. The number of quaternary nitrogens is 1. The number of carbonyl (C=O) groups excluding carboxylic acids is 1. The van der Waals surface area contributed by atoms with E-state index in [9.17, 15) is 14.3 Å². The molecule has 0 aromatic carbocycles. The van der Waals surface area contributed by atoms with Crippen LogP contribution >= 0.6 is 7.82 Å². The van der Waals surface area contributed by atoms with Crippen molar-refractivity contribution >= 4 is 13.8 Å². The van der Waals surface area contributed by atoms with Crippen molar-refractivity contribution in [3.63, 3.8) is 0 Å². The Morgan fingerprint density at radius 3 is 1.19 bits per heavy atom. The van der Waals surface area contributed by atoms with Crippen LogP contribution in [0.3, 0.4) is 0 Å². The van der Waals surface area contributed by atoms with Crippen LogP contribution in [0.4, 0.5) is 0 Å². The first-order chi connectivity index (χ1) is 33.6. The van der Waals surface area contributed by atoms with Crippen molar-refractivity contribution in [1.82, 2.24) is 0 Å². The summed E-state index contributed by atoms with van der Waals surface area (Å²) in [5, 5.41) is 0. The summed E-state index contributed by atoms with van der Waals surface area (Å²) < 4.78 is 34.8. The molecule has 0 radical (unpaired) electrons. The predicted molar refractivity (Wildman–Crippen MR) is 295 cm³/mol. The van der Waals surface area contributed by atoms with Gasteiger partial charge in [-0.1, -0.05) is 199 Å². The molecule has 0 N–H and O–H groups in total. The molecule has 0 aromatic heterocycles. The SMILES string of the molecule is CC/C=C\C/C=C\C/C=C\C/C=C\C/C=C\C/C=C\CCCCCCCCCOCC(COP(=O)([O-])OCC[N+](C)(C)C)OC(=O)CCCCCCC/C=C\C/C=C\C/C=C\C/C=C\C/C=C\CC. The molecule has 0 spiro atoms. The van der Waals surface area contributed by atoms with Gasteiger partial charge in [-0.15, -0.1) is 0 Å². The van der Waals surface area contributed by atoms with Gasteiger partial charge in [0.2, 0.25) is 0 Å². The number of nitrogens with zero attached hydrogens (tertiary/aromatic N) is 1. The van der Waals surface area contributed by atoms with E-state index in [1.54, 1.807) is 0 Å². The third kappa shape index (κ3) is 55.4. The number of hydrogen-bond acceptors (Lipinski definition) is 7. The van der Waals surface area contributed by atoms with E-state index < -0.39 is 13.9 Å². The van der Waals surface area contributed by atoms with E-state index in [2.05, 4.69) is 148 Å². The van der Waals surface area contributed by atoms with Gasteiger partial charge in [0.05, 0.1) is 34.4 Å². The molecule has 0 bridgehead atoms. The van der Waals surface area contributed by atoms with E-state index in [1.807, 2.05) is 21.1 Å². The Hall–Kier alpha value is -3.36. The highest BCUT2D eigenvalue weighted by Crippen LogP contribution is 2.38. The number of phosphoric ester groups is 1. The van der Waals surface area contributed by atoms with Crippen molar-refractivity contribution in [3.8, 4) is 0 Å². The fourth-order valence-electron chi connectivity index (χ4n) is 6.63. The third-order valence-corrected chi connectivity index (χ3v) is 11.7. The van der Waals surface area contributed by atoms with Gasteiger partial charge in [0.15, 0.2) is 0 Å².